The molecule has 0 atom stereocenters. The van der Waals surface area contributed by atoms with E-state index >= 15 is 0 Å². The van der Waals surface area contributed by atoms with E-state index in [4.69, 9.17) is 0 Å². The van der Waals surface area contributed by atoms with Crippen molar-refractivity contribution >= 4 is 11.2 Å². The molecule has 0 amide bonds. The smallest absolute Gasteiger partial charge is 0.0682 e. The van der Waals surface area contributed by atoms with E-state index in [2.05, 4.69) is 23.4 Å². The van der Waals surface area contributed by atoms with Gasteiger partial charge in [0.2, 0.25) is 0 Å². The minimum Gasteiger partial charge on any atom is -0.385 e. The SMILES string of the molecule is CCNc1ccn2nccc2c1. The number of fused-ring (bicyclic) bond motifs is 1. The van der Waals surface area contributed by atoms with Crippen molar-refractivity contribution in [1.82, 2.24) is 9.61 Å². The van der Waals surface area contributed by atoms with Gasteiger partial charge in [-0.3, -0.25) is 0 Å². The van der Waals surface area contributed by atoms with Crippen LogP contribution in [0.2, 0.25) is 0 Å². The van der Waals surface area contributed by atoms with Gasteiger partial charge >= 0.3 is 0 Å². The van der Waals surface area contributed by atoms with Gasteiger partial charge in [-0.1, -0.05) is 0 Å². The molecule has 0 spiro atoms. The van der Waals surface area contributed by atoms with Crippen LogP contribution in [0.25, 0.3) is 5.52 Å². The normalized spacial score (nSPS) is 10.4. The highest BCUT2D eigenvalue weighted by molar-refractivity contribution is 5.57. The van der Waals surface area contributed by atoms with Crippen molar-refractivity contribution in [3.63, 3.8) is 0 Å². The van der Waals surface area contributed by atoms with Gasteiger partial charge in [-0.05, 0) is 25.1 Å². The zero-order chi connectivity index (χ0) is 8.39. The summed E-state index contributed by atoms with van der Waals surface area (Å²) in [6, 6.07) is 6.08. The molecule has 2 rings (SSSR count). The molecule has 2 heterocycles. The van der Waals surface area contributed by atoms with Crippen LogP contribution in [0.5, 0.6) is 0 Å². The molecule has 3 nitrogen and oxygen atoms in total. The van der Waals surface area contributed by atoms with E-state index < -0.39 is 0 Å². The third-order valence-corrected chi connectivity index (χ3v) is 1.78. The molecule has 62 valence electrons. The van der Waals surface area contributed by atoms with Crippen molar-refractivity contribution in [1.29, 1.82) is 0 Å². The number of hydrogen-bond acceptors (Lipinski definition) is 2. The van der Waals surface area contributed by atoms with Gasteiger partial charge in [-0.2, -0.15) is 5.10 Å². The third-order valence-electron chi connectivity index (χ3n) is 1.78. The molecule has 2 aromatic heterocycles. The van der Waals surface area contributed by atoms with Crippen molar-refractivity contribution in [2.45, 2.75) is 6.92 Å². The van der Waals surface area contributed by atoms with Crippen LogP contribution in [0.1, 0.15) is 6.92 Å². The summed E-state index contributed by atoms with van der Waals surface area (Å²) in [5.74, 6) is 0. The molecule has 0 aliphatic rings. The van der Waals surface area contributed by atoms with Crippen LogP contribution < -0.4 is 5.32 Å². The lowest BCUT2D eigenvalue weighted by Crippen LogP contribution is -1.97. The van der Waals surface area contributed by atoms with Crippen LogP contribution in [-0.2, 0) is 0 Å². The third kappa shape index (κ3) is 1.13. The van der Waals surface area contributed by atoms with E-state index in [0.29, 0.717) is 0 Å². The Balaban J connectivity index is 2.46. The number of nitrogens with zero attached hydrogens (tertiary/aromatic N) is 2. The average Bonchev–Trinajstić information content (AvgIpc) is 2.51. The van der Waals surface area contributed by atoms with Crippen LogP contribution in [0.15, 0.2) is 30.6 Å². The van der Waals surface area contributed by atoms with Crippen LogP contribution >= 0.6 is 0 Å². The lowest BCUT2D eigenvalue weighted by Gasteiger charge is -2.02. The predicted octanol–water partition coefficient (Wildman–Crippen LogP) is 1.77. The van der Waals surface area contributed by atoms with E-state index in [1.807, 2.05) is 22.8 Å². The molecule has 0 aliphatic carbocycles. The van der Waals surface area contributed by atoms with Crippen molar-refractivity contribution in [3.05, 3.63) is 30.6 Å². The van der Waals surface area contributed by atoms with Crippen LogP contribution in [0.3, 0.4) is 0 Å². The molecule has 0 aliphatic heterocycles. The highest BCUT2D eigenvalue weighted by Gasteiger charge is 1.93. The summed E-state index contributed by atoms with van der Waals surface area (Å²) in [4.78, 5) is 0. The molecule has 0 saturated heterocycles. The number of nitrogens with one attached hydrogen (secondary N) is 1. The second kappa shape index (κ2) is 2.85. The molecule has 0 bridgehead atoms. The highest BCUT2D eigenvalue weighted by atomic mass is 15.2. The van der Waals surface area contributed by atoms with Crippen molar-refractivity contribution in [2.75, 3.05) is 11.9 Å². The largest absolute Gasteiger partial charge is 0.385 e. The maximum Gasteiger partial charge on any atom is 0.0682 e. The second-order valence-corrected chi connectivity index (χ2v) is 2.65. The van der Waals surface area contributed by atoms with Crippen LogP contribution in [0.4, 0.5) is 5.69 Å². The topological polar surface area (TPSA) is 29.3 Å². The summed E-state index contributed by atoms with van der Waals surface area (Å²) < 4.78 is 1.85. The first-order chi connectivity index (χ1) is 5.90. The Labute approximate surface area is 71.0 Å². The number of pyridine rings is 1. The van der Waals surface area contributed by atoms with Crippen LogP contribution in [-0.4, -0.2) is 16.2 Å². The Kier molecular flexibility index (Phi) is 1.70. The van der Waals surface area contributed by atoms with Crippen molar-refractivity contribution in [2.24, 2.45) is 0 Å². The Morgan fingerprint density at radius 1 is 1.50 bits per heavy atom. The first-order valence-corrected chi connectivity index (χ1v) is 4.07. The lowest BCUT2D eigenvalue weighted by atomic mass is 10.3. The molecule has 0 aromatic carbocycles. The first-order valence-electron chi connectivity index (χ1n) is 4.07. The Bertz CT molecular complexity index is 378. The van der Waals surface area contributed by atoms with Gasteiger partial charge in [0.05, 0.1) is 5.52 Å². The standard InChI is InChI=1S/C9H11N3/c1-2-10-8-4-6-12-9(7-8)3-5-11-12/h3-7,10H,2H2,1H3. The summed E-state index contributed by atoms with van der Waals surface area (Å²) >= 11 is 0. The van der Waals surface area contributed by atoms with E-state index in [0.717, 1.165) is 17.7 Å². The van der Waals surface area contributed by atoms with E-state index in [1.54, 1.807) is 6.20 Å². The molecular formula is C9H11N3. The second-order valence-electron chi connectivity index (χ2n) is 2.65. The Morgan fingerprint density at radius 3 is 3.25 bits per heavy atom. The molecule has 3 heteroatoms. The first kappa shape index (κ1) is 7.16. The maximum atomic E-state index is 4.11. The zero-order valence-corrected chi connectivity index (χ0v) is 6.99. The molecule has 0 radical (unpaired) electrons. The van der Waals surface area contributed by atoms with Crippen molar-refractivity contribution < 1.29 is 0 Å². The van der Waals surface area contributed by atoms with E-state index in [-0.39, 0.29) is 0 Å². The quantitative estimate of drug-likeness (QED) is 0.727. The summed E-state index contributed by atoms with van der Waals surface area (Å²) in [6.07, 6.45) is 3.75. The minimum atomic E-state index is 0.949. The lowest BCUT2D eigenvalue weighted by molar-refractivity contribution is 0.960. The molecule has 2 aromatic rings. The summed E-state index contributed by atoms with van der Waals surface area (Å²) in [7, 11) is 0. The fourth-order valence-corrected chi connectivity index (χ4v) is 1.24. The maximum absolute atomic E-state index is 4.11. The summed E-state index contributed by atoms with van der Waals surface area (Å²) in [6.45, 7) is 3.03. The minimum absolute atomic E-state index is 0.949. The highest BCUT2D eigenvalue weighted by Crippen LogP contribution is 2.10. The summed E-state index contributed by atoms with van der Waals surface area (Å²) in [5, 5.41) is 7.36. The molecule has 0 fully saturated rings. The molecule has 0 saturated carbocycles. The number of aromatic nitrogens is 2. The van der Waals surface area contributed by atoms with Gasteiger partial charge < -0.3 is 5.32 Å². The van der Waals surface area contributed by atoms with Gasteiger partial charge in [-0.25, -0.2) is 4.52 Å². The monoisotopic (exact) mass is 161 g/mol. The average molecular weight is 161 g/mol. The fraction of sp³-hybridized carbons (Fsp3) is 0.222. The molecule has 1 N–H and O–H groups in total. The number of hydrogen-bond donors (Lipinski definition) is 1. The van der Waals surface area contributed by atoms with Crippen LogP contribution in [0, 0.1) is 0 Å². The zero-order valence-electron chi connectivity index (χ0n) is 6.99. The van der Waals surface area contributed by atoms with E-state index in [1.165, 1.54) is 0 Å². The van der Waals surface area contributed by atoms with E-state index in [9.17, 15) is 0 Å². The Morgan fingerprint density at radius 2 is 2.42 bits per heavy atom. The van der Waals surface area contributed by atoms with Crippen molar-refractivity contribution in [3.8, 4) is 0 Å². The molecule has 12 heavy (non-hydrogen) atoms. The van der Waals surface area contributed by atoms with Gasteiger partial charge in [-0.15, -0.1) is 0 Å². The summed E-state index contributed by atoms with van der Waals surface area (Å²) in [5.41, 5.74) is 2.26. The van der Waals surface area contributed by atoms with Gasteiger partial charge in [0, 0.05) is 24.6 Å². The number of rotatable bonds is 2. The van der Waals surface area contributed by atoms with Gasteiger partial charge in [0.25, 0.3) is 0 Å². The molecular weight excluding hydrogens is 150 g/mol. The van der Waals surface area contributed by atoms with Gasteiger partial charge in [0.15, 0.2) is 0 Å². The fourth-order valence-electron chi connectivity index (χ4n) is 1.24. The van der Waals surface area contributed by atoms with Gasteiger partial charge in [0.1, 0.15) is 0 Å². The predicted molar refractivity (Wildman–Crippen MR) is 49.4 cm³/mol. The number of anilines is 1. The molecule has 0 unspecified atom stereocenters. The Hall–Kier alpha value is -1.51.